The first-order chi connectivity index (χ1) is 14.8. The molecule has 0 saturated heterocycles. The van der Waals surface area contributed by atoms with Crippen molar-refractivity contribution in [3.05, 3.63) is 85.2 Å². The molecule has 4 heterocycles. The van der Waals surface area contributed by atoms with Crippen LogP contribution in [-0.4, -0.2) is 31.6 Å². The van der Waals surface area contributed by atoms with Crippen LogP contribution in [0.25, 0.3) is 28.4 Å². The van der Waals surface area contributed by atoms with Crippen molar-refractivity contribution in [2.75, 3.05) is 12.4 Å². The smallest absolute Gasteiger partial charge is 0.172 e. The summed E-state index contributed by atoms with van der Waals surface area (Å²) in [4.78, 5) is 16.1. The Hall–Kier alpha value is -3.71. The summed E-state index contributed by atoms with van der Waals surface area (Å²) in [5, 5.41) is 8.01. The summed E-state index contributed by atoms with van der Waals surface area (Å²) in [6, 6.07) is 23.9. The number of aromatic nitrogens is 5. The number of rotatable bonds is 5. The standard InChI is InChI=1S/C23H18N6S/c1-24-22-21(30-16-9-3-2-4-10-16)23-27-19(17-11-5-7-13-25-17)15-20(29(23)28-22)18-12-6-8-14-26-18/h2-15H,1H3,(H,24,28). The molecule has 5 rings (SSSR count). The van der Waals surface area contributed by atoms with Crippen LogP contribution in [0, 0.1) is 0 Å². The fourth-order valence-corrected chi connectivity index (χ4v) is 4.20. The van der Waals surface area contributed by atoms with Crippen LogP contribution >= 0.6 is 11.8 Å². The van der Waals surface area contributed by atoms with Gasteiger partial charge in [-0.15, -0.1) is 5.10 Å². The highest BCUT2D eigenvalue weighted by atomic mass is 32.2. The molecule has 0 fully saturated rings. The molecule has 6 nitrogen and oxygen atoms in total. The van der Waals surface area contributed by atoms with Crippen LogP contribution in [0.3, 0.4) is 0 Å². The van der Waals surface area contributed by atoms with Crippen molar-refractivity contribution in [3.63, 3.8) is 0 Å². The van der Waals surface area contributed by atoms with Gasteiger partial charge in [0.2, 0.25) is 0 Å². The van der Waals surface area contributed by atoms with Crippen LogP contribution in [-0.2, 0) is 0 Å². The maximum atomic E-state index is 4.95. The molecular formula is C23H18N6S. The summed E-state index contributed by atoms with van der Waals surface area (Å²) < 4.78 is 1.85. The van der Waals surface area contributed by atoms with Crippen molar-refractivity contribution in [3.8, 4) is 22.8 Å². The van der Waals surface area contributed by atoms with Crippen LogP contribution in [0.1, 0.15) is 0 Å². The topological polar surface area (TPSA) is 68.0 Å². The molecule has 5 aromatic rings. The average molecular weight is 411 g/mol. The van der Waals surface area contributed by atoms with E-state index in [9.17, 15) is 0 Å². The zero-order chi connectivity index (χ0) is 20.3. The number of benzene rings is 1. The van der Waals surface area contributed by atoms with Gasteiger partial charge >= 0.3 is 0 Å². The van der Waals surface area contributed by atoms with Crippen LogP contribution in [0.4, 0.5) is 5.82 Å². The highest BCUT2D eigenvalue weighted by Crippen LogP contribution is 2.38. The Kier molecular flexibility index (Phi) is 4.86. The lowest BCUT2D eigenvalue weighted by molar-refractivity contribution is 0.943. The van der Waals surface area contributed by atoms with Crippen molar-refractivity contribution in [1.82, 2.24) is 24.6 Å². The first-order valence-corrected chi connectivity index (χ1v) is 10.3. The highest BCUT2D eigenvalue weighted by Gasteiger charge is 2.20. The fraction of sp³-hybridized carbons (Fsp3) is 0.0435. The van der Waals surface area contributed by atoms with Gasteiger partial charge in [0.1, 0.15) is 4.90 Å². The summed E-state index contributed by atoms with van der Waals surface area (Å²) in [7, 11) is 1.87. The summed E-state index contributed by atoms with van der Waals surface area (Å²) in [5.74, 6) is 0.770. The lowest BCUT2D eigenvalue weighted by Gasteiger charge is -2.08. The quantitative estimate of drug-likeness (QED) is 0.437. The van der Waals surface area contributed by atoms with Crippen molar-refractivity contribution in [2.24, 2.45) is 0 Å². The van der Waals surface area contributed by atoms with E-state index in [1.807, 2.05) is 72.2 Å². The minimum Gasteiger partial charge on any atom is -0.371 e. The number of hydrogen-bond donors (Lipinski definition) is 1. The number of nitrogens with zero attached hydrogens (tertiary/aromatic N) is 5. The Labute approximate surface area is 178 Å². The van der Waals surface area contributed by atoms with Gasteiger partial charge in [0.15, 0.2) is 11.5 Å². The molecule has 1 N–H and O–H groups in total. The van der Waals surface area contributed by atoms with E-state index in [4.69, 9.17) is 10.1 Å². The van der Waals surface area contributed by atoms with Gasteiger partial charge in [-0.3, -0.25) is 9.97 Å². The molecule has 0 radical (unpaired) electrons. The minimum atomic E-state index is 0.761. The van der Waals surface area contributed by atoms with E-state index in [-0.39, 0.29) is 0 Å². The largest absolute Gasteiger partial charge is 0.371 e. The second kappa shape index (κ2) is 7.96. The number of hydrogen-bond acceptors (Lipinski definition) is 6. The van der Waals surface area contributed by atoms with E-state index in [1.165, 1.54) is 0 Å². The van der Waals surface area contributed by atoms with Crippen molar-refractivity contribution < 1.29 is 0 Å². The molecule has 1 aromatic carbocycles. The monoisotopic (exact) mass is 410 g/mol. The molecule has 0 atom stereocenters. The Bertz CT molecular complexity index is 1290. The third-order valence-corrected chi connectivity index (χ3v) is 5.69. The van der Waals surface area contributed by atoms with Crippen molar-refractivity contribution in [2.45, 2.75) is 9.79 Å². The van der Waals surface area contributed by atoms with Gasteiger partial charge in [-0.25, -0.2) is 9.50 Å². The Morgan fingerprint density at radius 2 is 1.50 bits per heavy atom. The third kappa shape index (κ3) is 3.40. The molecule has 0 aliphatic heterocycles. The first kappa shape index (κ1) is 18.3. The Balaban J connectivity index is 1.78. The summed E-state index contributed by atoms with van der Waals surface area (Å²) >= 11 is 1.63. The molecular weight excluding hydrogens is 392 g/mol. The summed E-state index contributed by atoms with van der Waals surface area (Å²) in [5.41, 5.74) is 4.03. The zero-order valence-electron chi connectivity index (χ0n) is 16.2. The van der Waals surface area contributed by atoms with E-state index >= 15 is 0 Å². The van der Waals surface area contributed by atoms with Gasteiger partial charge < -0.3 is 5.32 Å². The second-order valence-electron chi connectivity index (χ2n) is 6.53. The molecule has 0 bridgehead atoms. The first-order valence-electron chi connectivity index (χ1n) is 9.51. The van der Waals surface area contributed by atoms with E-state index in [0.29, 0.717) is 0 Å². The summed E-state index contributed by atoms with van der Waals surface area (Å²) in [6.07, 6.45) is 3.56. The lowest BCUT2D eigenvalue weighted by Crippen LogP contribution is -2.00. The Morgan fingerprint density at radius 3 is 2.17 bits per heavy atom. The minimum absolute atomic E-state index is 0.761. The van der Waals surface area contributed by atoms with Gasteiger partial charge in [-0.1, -0.05) is 42.1 Å². The van der Waals surface area contributed by atoms with Crippen LogP contribution in [0.2, 0.25) is 0 Å². The molecule has 0 aliphatic carbocycles. The van der Waals surface area contributed by atoms with Crippen LogP contribution in [0.5, 0.6) is 0 Å². The van der Waals surface area contributed by atoms with E-state index in [0.717, 1.165) is 44.0 Å². The normalized spacial score (nSPS) is 11.0. The number of pyridine rings is 2. The van der Waals surface area contributed by atoms with Gasteiger partial charge in [-0.05, 0) is 42.5 Å². The molecule has 0 saturated carbocycles. The van der Waals surface area contributed by atoms with Gasteiger partial charge in [0.25, 0.3) is 0 Å². The van der Waals surface area contributed by atoms with Crippen molar-refractivity contribution >= 4 is 23.2 Å². The predicted molar refractivity (Wildman–Crippen MR) is 120 cm³/mol. The van der Waals surface area contributed by atoms with Crippen molar-refractivity contribution in [1.29, 1.82) is 0 Å². The molecule has 0 unspecified atom stereocenters. The molecule has 146 valence electrons. The molecule has 0 amide bonds. The van der Waals surface area contributed by atoms with E-state index in [2.05, 4.69) is 27.4 Å². The predicted octanol–water partition coefficient (Wildman–Crippen LogP) is 5.05. The Morgan fingerprint density at radius 1 is 0.800 bits per heavy atom. The number of anilines is 1. The second-order valence-corrected chi connectivity index (χ2v) is 7.62. The number of nitrogens with one attached hydrogen (secondary N) is 1. The SMILES string of the molecule is CNc1nn2c(-c3ccccn3)cc(-c3ccccn3)nc2c1Sc1ccccc1. The van der Waals surface area contributed by atoms with Crippen LogP contribution in [0.15, 0.2) is 95.0 Å². The number of fused-ring (bicyclic) bond motifs is 1. The zero-order valence-corrected chi connectivity index (χ0v) is 17.0. The highest BCUT2D eigenvalue weighted by molar-refractivity contribution is 7.99. The molecule has 0 spiro atoms. The van der Waals surface area contributed by atoms with Crippen LogP contribution < -0.4 is 5.32 Å². The summed E-state index contributed by atoms with van der Waals surface area (Å²) in [6.45, 7) is 0. The molecule has 4 aromatic heterocycles. The van der Waals surface area contributed by atoms with Gasteiger partial charge in [-0.2, -0.15) is 0 Å². The average Bonchev–Trinajstić information content (AvgIpc) is 3.17. The molecule has 7 heteroatoms. The molecule has 0 aliphatic rings. The fourth-order valence-electron chi connectivity index (χ4n) is 3.20. The van der Waals surface area contributed by atoms with Gasteiger partial charge in [0.05, 0.1) is 22.8 Å². The maximum Gasteiger partial charge on any atom is 0.172 e. The maximum absolute atomic E-state index is 4.95. The van der Waals surface area contributed by atoms with E-state index < -0.39 is 0 Å². The molecule has 30 heavy (non-hydrogen) atoms. The lowest BCUT2D eigenvalue weighted by atomic mass is 10.2. The van der Waals surface area contributed by atoms with Gasteiger partial charge in [0, 0.05) is 24.3 Å². The third-order valence-electron chi connectivity index (χ3n) is 4.60. The van der Waals surface area contributed by atoms with E-state index in [1.54, 1.807) is 24.2 Å².